The minimum Gasteiger partial charge on any atom is -0.508 e. The lowest BCUT2D eigenvalue weighted by Gasteiger charge is -2.55. The predicted octanol–water partition coefficient (Wildman–Crippen LogP) is 6.89. The zero-order valence-electron chi connectivity index (χ0n) is 30.8. The number of imide groups is 1. The molecule has 9 rings (SSSR count). The summed E-state index contributed by atoms with van der Waals surface area (Å²) in [7, 11) is 1.53. The number of likely N-dealkylation sites (tertiary alicyclic amines) is 2. The molecule has 8 heteroatoms. The highest BCUT2D eigenvalue weighted by Gasteiger charge is 2.66. The second-order valence-corrected chi connectivity index (χ2v) is 15.8. The molecule has 2 aliphatic heterocycles. The highest BCUT2D eigenvalue weighted by Crippen LogP contribution is 2.64. The Morgan fingerprint density at radius 3 is 2.15 bits per heavy atom. The quantitative estimate of drug-likeness (QED) is 0.163. The zero-order chi connectivity index (χ0) is 37.8. The Kier molecular flexibility index (Phi) is 8.89. The zero-order valence-corrected chi connectivity index (χ0v) is 30.8. The lowest BCUT2D eigenvalue weighted by atomic mass is 9.44. The largest absolute Gasteiger partial charge is 0.508 e. The van der Waals surface area contributed by atoms with Crippen molar-refractivity contribution in [1.29, 1.82) is 0 Å². The second kappa shape index (κ2) is 13.9. The van der Waals surface area contributed by atoms with Gasteiger partial charge in [-0.3, -0.25) is 29.0 Å². The summed E-state index contributed by atoms with van der Waals surface area (Å²) in [5, 5.41) is 11.8. The molecular formula is C47H44N2O6. The van der Waals surface area contributed by atoms with E-state index in [-0.39, 0.29) is 41.6 Å². The number of piperidine rings is 1. The summed E-state index contributed by atoms with van der Waals surface area (Å²) in [4.78, 5) is 63.5. The van der Waals surface area contributed by atoms with Crippen LogP contribution in [0.1, 0.15) is 53.9 Å². The third kappa shape index (κ3) is 5.60. The van der Waals surface area contributed by atoms with Crippen LogP contribution in [0, 0.1) is 23.7 Å². The molecular weight excluding hydrogens is 689 g/mol. The van der Waals surface area contributed by atoms with Gasteiger partial charge in [0.1, 0.15) is 11.5 Å². The SMILES string of the molecule is COc1ccc(C2C3=CCC4C(=O)N(C5CCN(Cc6ccccc6)CC5)C(=O)C4C3CC3C(=O)C(c4ccccc4)=CC(=O)C32c2ccccc2)c(O)c1. The van der Waals surface area contributed by atoms with E-state index in [9.17, 15) is 14.7 Å². The maximum atomic E-state index is 15.2. The van der Waals surface area contributed by atoms with Crippen molar-refractivity contribution in [2.45, 2.75) is 49.6 Å². The first-order chi connectivity index (χ1) is 26.8. The number of nitrogens with zero attached hydrogens (tertiary/aromatic N) is 2. The maximum Gasteiger partial charge on any atom is 0.233 e. The molecule has 0 aromatic heterocycles. The van der Waals surface area contributed by atoms with Crippen molar-refractivity contribution in [1.82, 2.24) is 9.80 Å². The number of Topliss-reactive ketones (excluding diaryl/α,β-unsaturated/α-hetero) is 1. The third-order valence-electron chi connectivity index (χ3n) is 13.1. The Bertz CT molecular complexity index is 2230. The van der Waals surface area contributed by atoms with E-state index in [0.29, 0.717) is 47.3 Å². The van der Waals surface area contributed by atoms with E-state index in [1.54, 1.807) is 17.0 Å². The Balaban J connectivity index is 1.13. The number of aromatic hydroxyl groups is 1. The first-order valence-corrected chi connectivity index (χ1v) is 19.4. The fourth-order valence-electron chi connectivity index (χ4n) is 10.7. The van der Waals surface area contributed by atoms with Crippen molar-refractivity contribution in [3.63, 3.8) is 0 Å². The van der Waals surface area contributed by atoms with E-state index < -0.39 is 35.0 Å². The molecule has 2 saturated heterocycles. The molecule has 1 N–H and O–H groups in total. The molecule has 278 valence electrons. The van der Waals surface area contributed by atoms with Crippen LogP contribution in [0.25, 0.3) is 5.57 Å². The lowest BCUT2D eigenvalue weighted by molar-refractivity contribution is -0.144. The van der Waals surface area contributed by atoms with E-state index in [1.807, 2.05) is 84.9 Å². The summed E-state index contributed by atoms with van der Waals surface area (Å²) in [6, 6.07) is 33.9. The van der Waals surface area contributed by atoms with Gasteiger partial charge in [-0.25, -0.2) is 0 Å². The number of carbonyl (C=O) groups excluding carboxylic acids is 4. The molecule has 4 aromatic rings. The Hall–Kier alpha value is -5.60. The average molecular weight is 733 g/mol. The first-order valence-electron chi connectivity index (χ1n) is 19.4. The van der Waals surface area contributed by atoms with Gasteiger partial charge in [-0.2, -0.15) is 0 Å². The Labute approximate surface area is 321 Å². The smallest absolute Gasteiger partial charge is 0.233 e. The number of hydrogen-bond donors (Lipinski definition) is 1. The summed E-state index contributed by atoms with van der Waals surface area (Å²) >= 11 is 0. The summed E-state index contributed by atoms with van der Waals surface area (Å²) < 4.78 is 5.45. The highest BCUT2D eigenvalue weighted by atomic mass is 16.5. The van der Waals surface area contributed by atoms with Gasteiger partial charge in [0.15, 0.2) is 11.6 Å². The standard InChI is InChI=1S/C47H44N2O6/c1-55-33-17-18-35(40(50)25-33)43-34-19-20-36-42(46(54)49(45(36)53)32-21-23-48(24-22-32)28-29-11-5-2-6-12-29)38(34)26-39-44(52)37(30-13-7-3-8-14-30)27-41(51)47(39,43)31-15-9-4-10-16-31/h2-19,25,27,32,36,38-39,42-43,50H,20-24,26,28H2,1H3. The second-order valence-electron chi connectivity index (χ2n) is 15.8. The summed E-state index contributed by atoms with van der Waals surface area (Å²) in [6.07, 6.45) is 5.53. The molecule has 0 bridgehead atoms. The molecule has 3 aliphatic carbocycles. The van der Waals surface area contributed by atoms with Crippen molar-refractivity contribution >= 4 is 29.0 Å². The Morgan fingerprint density at radius 1 is 0.800 bits per heavy atom. The van der Waals surface area contributed by atoms with E-state index >= 15 is 9.59 Å². The lowest BCUT2D eigenvalue weighted by Crippen LogP contribution is -2.58. The van der Waals surface area contributed by atoms with Crippen molar-refractivity contribution < 1.29 is 29.0 Å². The molecule has 0 radical (unpaired) electrons. The summed E-state index contributed by atoms with van der Waals surface area (Å²) in [5.41, 5.74) is 2.83. The summed E-state index contributed by atoms with van der Waals surface area (Å²) in [6.45, 7) is 2.39. The van der Waals surface area contributed by atoms with Gasteiger partial charge in [0, 0.05) is 54.7 Å². The molecule has 8 nitrogen and oxygen atoms in total. The highest BCUT2D eigenvalue weighted by molar-refractivity contribution is 6.31. The van der Waals surface area contributed by atoms with Gasteiger partial charge in [0.05, 0.1) is 24.4 Å². The van der Waals surface area contributed by atoms with Crippen LogP contribution >= 0.6 is 0 Å². The number of amides is 2. The van der Waals surface area contributed by atoms with Crippen LogP contribution in [-0.4, -0.2) is 64.5 Å². The number of ketones is 2. The molecule has 3 fully saturated rings. The van der Waals surface area contributed by atoms with Gasteiger partial charge in [-0.1, -0.05) is 109 Å². The molecule has 6 atom stereocenters. The molecule has 4 aromatic carbocycles. The predicted molar refractivity (Wildman–Crippen MR) is 208 cm³/mol. The molecule has 6 unspecified atom stereocenters. The van der Waals surface area contributed by atoms with E-state index in [0.717, 1.165) is 25.2 Å². The number of benzene rings is 4. The summed E-state index contributed by atoms with van der Waals surface area (Å²) in [5.74, 6) is -3.65. The van der Waals surface area contributed by atoms with Gasteiger partial charge in [-0.05, 0) is 60.4 Å². The van der Waals surface area contributed by atoms with Crippen molar-refractivity contribution in [3.05, 3.63) is 149 Å². The van der Waals surface area contributed by atoms with Gasteiger partial charge < -0.3 is 9.84 Å². The van der Waals surface area contributed by atoms with E-state index in [2.05, 4.69) is 17.0 Å². The number of methoxy groups -OCH3 is 1. The van der Waals surface area contributed by atoms with Gasteiger partial charge in [0.25, 0.3) is 0 Å². The first kappa shape index (κ1) is 35.1. The van der Waals surface area contributed by atoms with Crippen LogP contribution < -0.4 is 4.74 Å². The van der Waals surface area contributed by atoms with Crippen molar-refractivity contribution in [2.75, 3.05) is 20.2 Å². The molecule has 2 heterocycles. The van der Waals surface area contributed by atoms with Crippen LogP contribution in [0.5, 0.6) is 11.5 Å². The molecule has 0 spiro atoms. The van der Waals surface area contributed by atoms with Crippen molar-refractivity contribution in [2.24, 2.45) is 23.7 Å². The topological polar surface area (TPSA) is 104 Å². The number of rotatable bonds is 7. The van der Waals surface area contributed by atoms with Gasteiger partial charge in [0.2, 0.25) is 11.8 Å². The van der Waals surface area contributed by atoms with Crippen molar-refractivity contribution in [3.8, 4) is 11.5 Å². The minimum absolute atomic E-state index is 0.0575. The van der Waals surface area contributed by atoms with Gasteiger partial charge >= 0.3 is 0 Å². The van der Waals surface area contributed by atoms with Crippen LogP contribution in [0.4, 0.5) is 0 Å². The third-order valence-corrected chi connectivity index (χ3v) is 13.1. The Morgan fingerprint density at radius 2 is 1.47 bits per heavy atom. The molecule has 5 aliphatic rings. The monoisotopic (exact) mass is 732 g/mol. The number of fused-ring (bicyclic) bond motifs is 4. The fraction of sp³-hybridized carbons (Fsp3) is 0.319. The average Bonchev–Trinajstić information content (AvgIpc) is 3.48. The van der Waals surface area contributed by atoms with Gasteiger partial charge in [-0.15, -0.1) is 0 Å². The van der Waals surface area contributed by atoms with Crippen LogP contribution in [0.15, 0.2) is 127 Å². The molecule has 1 saturated carbocycles. The number of hydrogen-bond acceptors (Lipinski definition) is 7. The number of phenolic OH excluding ortho intramolecular Hbond substituents is 1. The van der Waals surface area contributed by atoms with Crippen LogP contribution in [0.2, 0.25) is 0 Å². The number of ether oxygens (including phenoxy) is 1. The minimum atomic E-state index is -1.41. The molecule has 55 heavy (non-hydrogen) atoms. The fourth-order valence-corrected chi connectivity index (χ4v) is 10.7. The number of phenols is 1. The normalized spacial score (nSPS) is 28.2. The van der Waals surface area contributed by atoms with E-state index in [4.69, 9.17) is 4.74 Å². The van der Waals surface area contributed by atoms with Crippen LogP contribution in [0.3, 0.4) is 0 Å². The van der Waals surface area contributed by atoms with E-state index in [1.165, 1.54) is 24.8 Å². The molecule has 2 amide bonds. The number of carbonyl (C=O) groups is 4. The maximum absolute atomic E-state index is 15.2. The number of allylic oxidation sites excluding steroid dienone is 4. The van der Waals surface area contributed by atoms with Crippen LogP contribution in [-0.2, 0) is 31.1 Å².